The van der Waals surface area contributed by atoms with Crippen LogP contribution in [0.5, 0.6) is 0 Å². The lowest BCUT2D eigenvalue weighted by Crippen LogP contribution is -2.09. The summed E-state index contributed by atoms with van der Waals surface area (Å²) in [4.78, 5) is 19.6. The van der Waals surface area contributed by atoms with Gasteiger partial charge < -0.3 is 5.11 Å². The third-order valence-electron chi connectivity index (χ3n) is 2.70. The van der Waals surface area contributed by atoms with Crippen LogP contribution in [0, 0.1) is 0 Å². The average molecular weight is 212 g/mol. The summed E-state index contributed by atoms with van der Waals surface area (Å²) in [5.41, 5.74) is 3.50. The normalized spacial score (nSPS) is 16.2. The Labute approximate surface area is 91.7 Å². The van der Waals surface area contributed by atoms with Crippen LogP contribution in [0.4, 0.5) is 5.69 Å². The van der Waals surface area contributed by atoms with Crippen LogP contribution in [0.3, 0.4) is 0 Å². The van der Waals surface area contributed by atoms with Crippen molar-refractivity contribution in [2.24, 2.45) is 9.98 Å². The Bertz CT molecular complexity index is 583. The van der Waals surface area contributed by atoms with Crippen molar-refractivity contribution in [2.75, 3.05) is 6.54 Å². The quantitative estimate of drug-likeness (QED) is 0.773. The first-order valence-corrected chi connectivity index (χ1v) is 4.92. The van der Waals surface area contributed by atoms with Gasteiger partial charge in [-0.05, 0) is 18.2 Å². The molecule has 78 valence electrons. The number of carboxylic acids is 1. The fourth-order valence-corrected chi connectivity index (χ4v) is 2.01. The highest BCUT2D eigenvalue weighted by Gasteiger charge is 2.26. The Morgan fingerprint density at radius 1 is 1.38 bits per heavy atom. The Kier molecular flexibility index (Phi) is 1.77. The van der Waals surface area contributed by atoms with Crippen molar-refractivity contribution >= 4 is 29.2 Å². The maximum absolute atomic E-state index is 11.1. The van der Waals surface area contributed by atoms with E-state index in [9.17, 15) is 4.79 Å². The van der Waals surface area contributed by atoms with Crippen molar-refractivity contribution in [3.8, 4) is 0 Å². The van der Waals surface area contributed by atoms with Crippen LogP contribution in [0.1, 0.15) is 15.9 Å². The summed E-state index contributed by atoms with van der Waals surface area (Å²) in [5.74, 6) is -0.920. The second-order valence-electron chi connectivity index (χ2n) is 3.63. The molecule has 2 aliphatic rings. The van der Waals surface area contributed by atoms with E-state index in [-0.39, 0.29) is 0 Å². The summed E-state index contributed by atoms with van der Waals surface area (Å²) in [5, 5.41) is 9.13. The zero-order valence-corrected chi connectivity index (χ0v) is 8.34. The molecule has 4 nitrogen and oxygen atoms in total. The summed E-state index contributed by atoms with van der Waals surface area (Å²) in [6, 6.07) is 5.14. The van der Waals surface area contributed by atoms with E-state index in [2.05, 4.69) is 9.98 Å². The molecule has 0 aromatic heterocycles. The Morgan fingerprint density at radius 3 is 3.06 bits per heavy atom. The van der Waals surface area contributed by atoms with E-state index in [1.807, 2.05) is 12.1 Å². The number of hydrogen-bond donors (Lipinski definition) is 1. The number of carboxylic acid groups (broad SMARTS) is 1. The van der Waals surface area contributed by atoms with Crippen LogP contribution < -0.4 is 0 Å². The minimum absolute atomic E-state index is 0.304. The van der Waals surface area contributed by atoms with Crippen molar-refractivity contribution in [3.63, 3.8) is 0 Å². The van der Waals surface area contributed by atoms with Gasteiger partial charge in [-0.1, -0.05) is 6.07 Å². The predicted molar refractivity (Wildman–Crippen MR) is 61.8 cm³/mol. The molecule has 0 fully saturated rings. The number of dihydropyridines is 1. The van der Waals surface area contributed by atoms with Crippen LogP contribution in [-0.2, 0) is 0 Å². The second kappa shape index (κ2) is 3.13. The summed E-state index contributed by atoms with van der Waals surface area (Å²) in [7, 11) is 0. The number of fused-ring (bicyclic) bond motifs is 3. The number of nitrogens with zero attached hydrogens (tertiary/aromatic N) is 2. The lowest BCUT2D eigenvalue weighted by molar-refractivity contribution is 0.0696. The molecule has 1 N–H and O–H groups in total. The summed E-state index contributed by atoms with van der Waals surface area (Å²) in [6.45, 7) is 0.527. The molecule has 4 heteroatoms. The zero-order valence-electron chi connectivity index (χ0n) is 8.34. The zero-order chi connectivity index (χ0) is 11.1. The molecule has 3 rings (SSSR count). The van der Waals surface area contributed by atoms with Gasteiger partial charge in [-0.3, -0.25) is 9.98 Å². The van der Waals surface area contributed by atoms with Crippen LogP contribution in [0.2, 0.25) is 0 Å². The van der Waals surface area contributed by atoms with Crippen molar-refractivity contribution < 1.29 is 9.90 Å². The minimum atomic E-state index is -0.920. The number of rotatable bonds is 1. The summed E-state index contributed by atoms with van der Waals surface area (Å²) < 4.78 is 0. The molecule has 16 heavy (non-hydrogen) atoms. The molecular weight excluding hydrogens is 204 g/mol. The van der Waals surface area contributed by atoms with Gasteiger partial charge in [0.15, 0.2) is 0 Å². The van der Waals surface area contributed by atoms with Crippen molar-refractivity contribution in [3.05, 3.63) is 35.4 Å². The van der Waals surface area contributed by atoms with Crippen molar-refractivity contribution in [1.82, 2.24) is 0 Å². The molecule has 1 aromatic carbocycles. The van der Waals surface area contributed by atoms with Gasteiger partial charge in [0.25, 0.3) is 0 Å². The molecule has 1 aromatic rings. The van der Waals surface area contributed by atoms with Gasteiger partial charge in [-0.25, -0.2) is 4.79 Å². The molecule has 0 saturated heterocycles. The number of benzene rings is 1. The molecule has 0 saturated carbocycles. The second-order valence-corrected chi connectivity index (χ2v) is 3.63. The SMILES string of the molecule is O=C(O)c1cccc2c1C1=CC=NCC1=N2. The lowest BCUT2D eigenvalue weighted by atomic mass is 9.96. The third kappa shape index (κ3) is 1.13. The fraction of sp³-hybridized carbons (Fsp3) is 0.0833. The Balaban J connectivity index is 2.28. The first-order valence-electron chi connectivity index (χ1n) is 4.92. The standard InChI is InChI=1S/C12H8N2O2/c15-12(16)8-2-1-3-9-11(8)7-4-5-13-6-10(7)14-9/h1-5H,6H2,(H,15,16). The highest BCUT2D eigenvalue weighted by Crippen LogP contribution is 2.37. The van der Waals surface area contributed by atoms with Crippen molar-refractivity contribution in [1.29, 1.82) is 0 Å². The predicted octanol–water partition coefficient (Wildman–Crippen LogP) is 1.94. The molecule has 2 heterocycles. The molecular formula is C12H8N2O2. The molecule has 0 atom stereocenters. The maximum atomic E-state index is 11.1. The van der Waals surface area contributed by atoms with Gasteiger partial charge in [0.1, 0.15) is 0 Å². The van der Waals surface area contributed by atoms with E-state index in [1.54, 1.807) is 18.3 Å². The van der Waals surface area contributed by atoms with Gasteiger partial charge in [0.05, 0.1) is 23.5 Å². The van der Waals surface area contributed by atoms with Crippen LogP contribution in [-0.4, -0.2) is 29.5 Å². The number of carbonyl (C=O) groups is 1. The third-order valence-corrected chi connectivity index (χ3v) is 2.70. The van der Waals surface area contributed by atoms with Gasteiger partial charge in [-0.2, -0.15) is 0 Å². The molecule has 0 unspecified atom stereocenters. The Hall–Kier alpha value is -2.23. The van der Waals surface area contributed by atoms with Crippen molar-refractivity contribution in [2.45, 2.75) is 0 Å². The van der Waals surface area contributed by atoms with Gasteiger partial charge in [0, 0.05) is 17.4 Å². The highest BCUT2D eigenvalue weighted by molar-refractivity contribution is 6.34. The highest BCUT2D eigenvalue weighted by atomic mass is 16.4. The summed E-state index contributed by atoms with van der Waals surface area (Å²) in [6.07, 6.45) is 3.52. The van der Waals surface area contributed by atoms with E-state index in [4.69, 9.17) is 5.11 Å². The van der Waals surface area contributed by atoms with Gasteiger partial charge in [-0.15, -0.1) is 0 Å². The van der Waals surface area contributed by atoms with E-state index < -0.39 is 5.97 Å². The van der Waals surface area contributed by atoms with Gasteiger partial charge >= 0.3 is 5.97 Å². The number of allylic oxidation sites excluding steroid dienone is 1. The van der Waals surface area contributed by atoms with Crippen LogP contribution in [0.15, 0.2) is 34.3 Å². The van der Waals surface area contributed by atoms with E-state index >= 15 is 0 Å². The Morgan fingerprint density at radius 2 is 2.25 bits per heavy atom. The summed E-state index contributed by atoms with van der Waals surface area (Å²) >= 11 is 0. The molecule has 0 aliphatic carbocycles. The smallest absolute Gasteiger partial charge is 0.336 e. The first-order chi connectivity index (χ1) is 7.77. The van der Waals surface area contributed by atoms with E-state index in [1.165, 1.54) is 0 Å². The molecule has 2 aliphatic heterocycles. The molecule has 0 radical (unpaired) electrons. The van der Waals surface area contributed by atoms with Gasteiger partial charge in [0.2, 0.25) is 0 Å². The minimum Gasteiger partial charge on any atom is -0.478 e. The first kappa shape index (κ1) is 9.03. The number of hydrogen-bond acceptors (Lipinski definition) is 3. The molecule has 0 bridgehead atoms. The number of aromatic carboxylic acids is 1. The topological polar surface area (TPSA) is 62.0 Å². The monoisotopic (exact) mass is 212 g/mol. The number of aliphatic imine (C=N–C) groups is 2. The largest absolute Gasteiger partial charge is 0.478 e. The van der Waals surface area contributed by atoms with E-state index in [0.717, 1.165) is 22.5 Å². The van der Waals surface area contributed by atoms with Crippen LogP contribution >= 0.6 is 0 Å². The van der Waals surface area contributed by atoms with E-state index in [0.29, 0.717) is 12.1 Å². The molecule has 0 amide bonds. The maximum Gasteiger partial charge on any atom is 0.336 e. The lowest BCUT2D eigenvalue weighted by Gasteiger charge is -2.07. The van der Waals surface area contributed by atoms with Crippen LogP contribution in [0.25, 0.3) is 5.57 Å². The fourth-order valence-electron chi connectivity index (χ4n) is 2.01. The average Bonchev–Trinajstić information content (AvgIpc) is 2.66. The molecule has 0 spiro atoms.